The van der Waals surface area contributed by atoms with Gasteiger partial charge in [0.25, 0.3) is 0 Å². The molecule has 21 heavy (non-hydrogen) atoms. The molecule has 0 bridgehead atoms. The highest BCUT2D eigenvalue weighted by molar-refractivity contribution is 6.37. The first-order valence-corrected chi connectivity index (χ1v) is 7.13. The summed E-state index contributed by atoms with van der Waals surface area (Å²) in [5.41, 5.74) is 6.39. The standard InChI is InChI=1S/C13H15Cl2N3O3/c14-8-5-9(15)13(10(16)6-8)17-11(19)1-2-18-3-4-21-7-12(18)20/h5-6H,1-4,7,16H2,(H,17,19). The minimum absolute atomic E-state index is 0.0670. The van der Waals surface area contributed by atoms with Crippen molar-refractivity contribution in [3.8, 4) is 0 Å². The molecule has 3 N–H and O–H groups in total. The van der Waals surface area contributed by atoms with Crippen LogP contribution in [-0.4, -0.2) is 43.0 Å². The monoisotopic (exact) mass is 331 g/mol. The molecule has 1 aromatic carbocycles. The Kier molecular flexibility index (Phi) is 5.27. The first-order valence-electron chi connectivity index (χ1n) is 6.37. The predicted octanol–water partition coefficient (Wildman–Crippen LogP) is 1.76. The van der Waals surface area contributed by atoms with Gasteiger partial charge in [0.2, 0.25) is 11.8 Å². The van der Waals surface area contributed by atoms with Crippen molar-refractivity contribution in [2.24, 2.45) is 0 Å². The SMILES string of the molecule is Nc1cc(Cl)cc(Cl)c1NC(=O)CCN1CCOCC1=O. The van der Waals surface area contributed by atoms with Crippen LogP contribution in [0.15, 0.2) is 12.1 Å². The van der Waals surface area contributed by atoms with Gasteiger partial charge in [-0.2, -0.15) is 0 Å². The van der Waals surface area contributed by atoms with Crippen LogP contribution in [0, 0.1) is 0 Å². The first-order chi connectivity index (χ1) is 9.97. The highest BCUT2D eigenvalue weighted by atomic mass is 35.5. The van der Waals surface area contributed by atoms with E-state index in [0.29, 0.717) is 36.1 Å². The Hall–Kier alpha value is -1.50. The van der Waals surface area contributed by atoms with Gasteiger partial charge in [0.05, 0.1) is 23.0 Å². The number of hydrogen-bond donors (Lipinski definition) is 2. The van der Waals surface area contributed by atoms with Gasteiger partial charge in [0, 0.05) is 24.5 Å². The molecule has 2 amide bonds. The molecule has 1 aliphatic heterocycles. The number of carbonyl (C=O) groups is 2. The zero-order valence-electron chi connectivity index (χ0n) is 11.2. The Labute approximate surface area is 132 Å². The summed E-state index contributed by atoms with van der Waals surface area (Å²) in [5.74, 6) is -0.386. The molecule has 1 aliphatic rings. The lowest BCUT2D eigenvalue weighted by Crippen LogP contribution is -2.42. The number of nitrogen functional groups attached to an aromatic ring is 1. The number of rotatable bonds is 4. The second-order valence-corrected chi connectivity index (χ2v) is 5.43. The fourth-order valence-electron chi connectivity index (χ4n) is 1.95. The highest BCUT2D eigenvalue weighted by Crippen LogP contribution is 2.32. The number of benzene rings is 1. The van der Waals surface area contributed by atoms with E-state index in [-0.39, 0.29) is 29.9 Å². The Morgan fingerprint density at radius 2 is 2.19 bits per heavy atom. The van der Waals surface area contributed by atoms with E-state index < -0.39 is 0 Å². The van der Waals surface area contributed by atoms with Gasteiger partial charge in [-0.25, -0.2) is 0 Å². The summed E-state index contributed by atoms with van der Waals surface area (Å²) in [6.07, 6.45) is 0.157. The number of nitrogens with two attached hydrogens (primary N) is 1. The number of morpholine rings is 1. The molecule has 1 fully saturated rings. The second-order valence-electron chi connectivity index (χ2n) is 4.58. The number of nitrogens with zero attached hydrogens (tertiary/aromatic N) is 1. The van der Waals surface area contributed by atoms with E-state index >= 15 is 0 Å². The number of hydrogen-bond acceptors (Lipinski definition) is 4. The summed E-state index contributed by atoms with van der Waals surface area (Å²) < 4.78 is 5.02. The number of carbonyl (C=O) groups excluding carboxylic acids is 2. The lowest BCUT2D eigenvalue weighted by Gasteiger charge is -2.26. The smallest absolute Gasteiger partial charge is 0.248 e. The molecule has 2 rings (SSSR count). The molecule has 1 heterocycles. The van der Waals surface area contributed by atoms with Crippen molar-refractivity contribution < 1.29 is 14.3 Å². The van der Waals surface area contributed by atoms with Crippen molar-refractivity contribution >= 4 is 46.4 Å². The van der Waals surface area contributed by atoms with Crippen molar-refractivity contribution in [3.05, 3.63) is 22.2 Å². The topological polar surface area (TPSA) is 84.7 Å². The van der Waals surface area contributed by atoms with Crippen molar-refractivity contribution in [3.63, 3.8) is 0 Å². The Morgan fingerprint density at radius 3 is 2.86 bits per heavy atom. The molecule has 0 atom stereocenters. The first kappa shape index (κ1) is 15.9. The largest absolute Gasteiger partial charge is 0.397 e. The van der Waals surface area contributed by atoms with Crippen LogP contribution in [0.4, 0.5) is 11.4 Å². The van der Waals surface area contributed by atoms with Gasteiger partial charge in [-0.15, -0.1) is 0 Å². The summed E-state index contributed by atoms with van der Waals surface area (Å²) in [6, 6.07) is 3.01. The molecule has 1 aromatic rings. The summed E-state index contributed by atoms with van der Waals surface area (Å²) in [5, 5.41) is 3.31. The quantitative estimate of drug-likeness (QED) is 0.823. The predicted molar refractivity (Wildman–Crippen MR) is 81.5 cm³/mol. The molecule has 0 radical (unpaired) electrons. The normalized spacial score (nSPS) is 15.1. The molecular formula is C13H15Cl2N3O3. The third-order valence-electron chi connectivity index (χ3n) is 3.04. The minimum atomic E-state index is -0.273. The van der Waals surface area contributed by atoms with Gasteiger partial charge in [-0.1, -0.05) is 23.2 Å². The lowest BCUT2D eigenvalue weighted by atomic mass is 10.2. The molecule has 114 valence electrons. The maximum atomic E-state index is 11.9. The molecule has 6 nitrogen and oxygen atoms in total. The molecule has 0 aliphatic carbocycles. The van der Waals surface area contributed by atoms with Crippen molar-refractivity contribution in [1.29, 1.82) is 0 Å². The Balaban J connectivity index is 1.91. The number of anilines is 2. The Morgan fingerprint density at radius 1 is 1.43 bits per heavy atom. The van der Waals surface area contributed by atoms with Crippen LogP contribution in [0.2, 0.25) is 10.0 Å². The van der Waals surface area contributed by atoms with Crippen molar-refractivity contribution in [1.82, 2.24) is 4.90 Å². The lowest BCUT2D eigenvalue weighted by molar-refractivity contribution is -0.142. The highest BCUT2D eigenvalue weighted by Gasteiger charge is 2.19. The molecule has 0 saturated carbocycles. The van der Waals surface area contributed by atoms with Crippen LogP contribution in [0.5, 0.6) is 0 Å². The van der Waals surface area contributed by atoms with Crippen LogP contribution in [0.3, 0.4) is 0 Å². The maximum absolute atomic E-state index is 11.9. The van der Waals surface area contributed by atoms with E-state index in [1.807, 2.05) is 0 Å². The second kappa shape index (κ2) is 6.98. The van der Waals surface area contributed by atoms with Crippen molar-refractivity contribution in [2.45, 2.75) is 6.42 Å². The molecule has 8 heteroatoms. The van der Waals surface area contributed by atoms with Crippen LogP contribution in [0.1, 0.15) is 6.42 Å². The van der Waals surface area contributed by atoms with Crippen LogP contribution in [0.25, 0.3) is 0 Å². The summed E-state index contributed by atoms with van der Waals surface area (Å²) in [6.45, 7) is 1.38. The zero-order valence-corrected chi connectivity index (χ0v) is 12.7. The third kappa shape index (κ3) is 4.23. The maximum Gasteiger partial charge on any atom is 0.248 e. The van der Waals surface area contributed by atoms with Gasteiger partial charge in [-0.3, -0.25) is 9.59 Å². The van der Waals surface area contributed by atoms with Gasteiger partial charge < -0.3 is 20.7 Å². The number of nitrogens with one attached hydrogen (secondary N) is 1. The summed E-state index contributed by atoms with van der Waals surface area (Å²) in [7, 11) is 0. The number of amides is 2. The summed E-state index contributed by atoms with van der Waals surface area (Å²) >= 11 is 11.8. The van der Waals surface area contributed by atoms with Crippen LogP contribution < -0.4 is 11.1 Å². The molecule has 0 spiro atoms. The van der Waals surface area contributed by atoms with E-state index in [2.05, 4.69) is 5.32 Å². The van der Waals surface area contributed by atoms with E-state index in [1.54, 1.807) is 4.90 Å². The minimum Gasteiger partial charge on any atom is -0.397 e. The van der Waals surface area contributed by atoms with Gasteiger partial charge in [0.1, 0.15) is 6.61 Å². The Bertz CT molecular complexity index is 543. The van der Waals surface area contributed by atoms with Crippen LogP contribution >= 0.6 is 23.2 Å². The molecular weight excluding hydrogens is 317 g/mol. The molecule has 1 saturated heterocycles. The molecule has 0 aromatic heterocycles. The average molecular weight is 332 g/mol. The molecule has 0 unspecified atom stereocenters. The third-order valence-corrected chi connectivity index (χ3v) is 3.56. The van der Waals surface area contributed by atoms with E-state index in [0.717, 1.165) is 0 Å². The van der Waals surface area contributed by atoms with E-state index in [1.165, 1.54) is 12.1 Å². The van der Waals surface area contributed by atoms with Gasteiger partial charge in [0.15, 0.2) is 0 Å². The van der Waals surface area contributed by atoms with E-state index in [4.69, 9.17) is 33.7 Å². The average Bonchev–Trinajstić information content (AvgIpc) is 2.42. The number of halogens is 2. The fraction of sp³-hybridized carbons (Fsp3) is 0.385. The van der Waals surface area contributed by atoms with Gasteiger partial charge in [-0.05, 0) is 12.1 Å². The van der Waals surface area contributed by atoms with Crippen molar-refractivity contribution in [2.75, 3.05) is 37.4 Å². The number of ether oxygens (including phenoxy) is 1. The zero-order chi connectivity index (χ0) is 15.4. The van der Waals surface area contributed by atoms with E-state index in [9.17, 15) is 9.59 Å². The van der Waals surface area contributed by atoms with Crippen LogP contribution in [-0.2, 0) is 14.3 Å². The summed E-state index contributed by atoms with van der Waals surface area (Å²) in [4.78, 5) is 25.0. The van der Waals surface area contributed by atoms with Gasteiger partial charge >= 0.3 is 0 Å². The fourth-order valence-corrected chi connectivity index (χ4v) is 2.51.